The first-order chi connectivity index (χ1) is 9.72. The zero-order valence-corrected chi connectivity index (χ0v) is 18.2. The summed E-state index contributed by atoms with van der Waals surface area (Å²) in [4.78, 5) is 0. The summed E-state index contributed by atoms with van der Waals surface area (Å²) < 4.78 is 32.2. The van der Waals surface area contributed by atoms with Crippen molar-refractivity contribution in [3.8, 4) is 5.75 Å². The Balaban J connectivity index is 0.00000484. The molecule has 0 radical (unpaired) electrons. The molecule has 6 heteroatoms. The van der Waals surface area contributed by atoms with E-state index in [0.717, 1.165) is 16.7 Å². The van der Waals surface area contributed by atoms with E-state index in [4.69, 9.17) is 0 Å². The van der Waals surface area contributed by atoms with Crippen LogP contribution in [0.15, 0.2) is 12.1 Å². The molecular weight excluding hydrogens is 323 g/mol. The van der Waals surface area contributed by atoms with Crippen molar-refractivity contribution < 1.29 is 47.6 Å². The predicted octanol–water partition coefficient (Wildman–Crippen LogP) is 0.469. The van der Waals surface area contributed by atoms with Crippen molar-refractivity contribution in [1.82, 2.24) is 0 Å². The third kappa shape index (κ3) is 7.14. The van der Waals surface area contributed by atoms with Crippen LogP contribution >= 0.6 is 0 Å². The Morgan fingerprint density at radius 3 is 1.70 bits per heavy atom. The van der Waals surface area contributed by atoms with Crippen molar-refractivity contribution in [1.29, 1.82) is 0 Å². The Labute approximate surface area is 162 Å². The first-order valence-electron chi connectivity index (χ1n) is 7.52. The normalized spacial score (nSPS) is 12.8. The molecule has 4 nitrogen and oxygen atoms in total. The van der Waals surface area contributed by atoms with Crippen LogP contribution in [0.2, 0.25) is 0 Å². The maximum Gasteiger partial charge on any atom is 1.00 e. The molecule has 0 aliphatic heterocycles. The monoisotopic (exact) mass is 350 g/mol. The van der Waals surface area contributed by atoms with Crippen molar-refractivity contribution in [2.24, 2.45) is 0 Å². The number of hydrogen-bond donors (Lipinski definition) is 1. The molecule has 0 unspecified atom stereocenters. The van der Waals surface area contributed by atoms with Gasteiger partial charge in [0.05, 0.1) is 10.1 Å². The van der Waals surface area contributed by atoms with Crippen LogP contribution in [0.4, 0.5) is 0 Å². The third-order valence-corrected chi connectivity index (χ3v) is 4.43. The molecule has 0 atom stereocenters. The van der Waals surface area contributed by atoms with Crippen LogP contribution in [-0.4, -0.2) is 23.8 Å². The van der Waals surface area contributed by atoms with Crippen LogP contribution in [-0.2, 0) is 27.4 Å². The summed E-state index contributed by atoms with van der Waals surface area (Å²) in [5.41, 5.74) is 2.21. The molecule has 0 amide bonds. The molecule has 0 saturated heterocycles. The maximum absolute atomic E-state index is 10.7. The Kier molecular flexibility index (Phi) is 7.85. The van der Waals surface area contributed by atoms with E-state index in [1.807, 2.05) is 53.7 Å². The summed E-state index contributed by atoms with van der Waals surface area (Å²) in [7, 11) is -4.18. The summed E-state index contributed by atoms with van der Waals surface area (Å²) in [6, 6.07) is 3.84. The van der Waals surface area contributed by atoms with Crippen LogP contribution in [0.3, 0.4) is 0 Å². The van der Waals surface area contributed by atoms with Crippen molar-refractivity contribution >= 4 is 10.1 Å². The molecule has 0 spiro atoms. The molecule has 126 valence electrons. The quantitative estimate of drug-likeness (QED) is 0.632. The summed E-state index contributed by atoms with van der Waals surface area (Å²) in [5.74, 6) is -0.0518. The fourth-order valence-electron chi connectivity index (χ4n) is 2.44. The van der Waals surface area contributed by atoms with E-state index in [0.29, 0.717) is 18.6 Å². The number of phenolic OH excluding ortho intramolecular Hbond substituents is 1. The molecule has 0 fully saturated rings. The molecule has 0 aromatic heterocycles. The molecule has 0 aliphatic carbocycles. The second-order valence-corrected chi connectivity index (χ2v) is 9.43. The Hall–Kier alpha value is -0.0700. The van der Waals surface area contributed by atoms with Crippen molar-refractivity contribution in [3.05, 3.63) is 28.8 Å². The number of rotatable bonds is 4. The molecule has 0 heterocycles. The number of phenols is 1. The van der Waals surface area contributed by atoms with Crippen LogP contribution in [0.1, 0.15) is 64.7 Å². The van der Waals surface area contributed by atoms with Crippen LogP contribution in [0.5, 0.6) is 5.75 Å². The van der Waals surface area contributed by atoms with Crippen LogP contribution in [0.25, 0.3) is 0 Å². The largest absolute Gasteiger partial charge is 1.00 e. The molecule has 1 aromatic carbocycles. The van der Waals surface area contributed by atoms with Crippen LogP contribution in [0, 0.1) is 0 Å². The Morgan fingerprint density at radius 2 is 1.39 bits per heavy atom. The zero-order chi connectivity index (χ0) is 17.3. The average Bonchev–Trinajstić information content (AvgIpc) is 2.26. The summed E-state index contributed by atoms with van der Waals surface area (Å²) in [6.45, 7) is 12.2. The molecule has 1 N–H and O–H groups in total. The second kappa shape index (κ2) is 7.87. The van der Waals surface area contributed by atoms with E-state index < -0.39 is 10.1 Å². The maximum atomic E-state index is 10.7. The third-order valence-electron chi connectivity index (χ3n) is 3.65. The fourth-order valence-corrected chi connectivity index (χ4v) is 2.93. The van der Waals surface area contributed by atoms with Gasteiger partial charge in [0.15, 0.2) is 0 Å². The minimum absolute atomic E-state index is 0. The molecular formula is C17H27NaO4S. The fraction of sp³-hybridized carbons (Fsp3) is 0.647. The number of aryl methyl sites for hydroxylation is 1. The van der Waals surface area contributed by atoms with Gasteiger partial charge >= 0.3 is 29.6 Å². The van der Waals surface area contributed by atoms with Gasteiger partial charge in [-0.3, -0.25) is 0 Å². The van der Waals surface area contributed by atoms with E-state index in [2.05, 4.69) is 0 Å². The topological polar surface area (TPSA) is 77.4 Å². The van der Waals surface area contributed by atoms with Gasteiger partial charge in [0.25, 0.3) is 0 Å². The standard InChI is InChI=1S/C17H28O4S.Na/c1-16(2,3)13-10-12(8-7-9-22(19,20)21)11-14(15(13)18)17(4,5)6;/h10-11,18H,7-9H2,1-6H3,(H,19,20,21);/q;+1/p-1. The van der Waals surface area contributed by atoms with Gasteiger partial charge in [-0.25, -0.2) is 8.42 Å². The number of benzene rings is 1. The Bertz CT molecular complexity index is 603. The van der Waals surface area contributed by atoms with Crippen molar-refractivity contribution in [2.75, 3.05) is 5.75 Å². The second-order valence-electron chi connectivity index (χ2n) is 7.90. The van der Waals surface area contributed by atoms with E-state index in [9.17, 15) is 18.1 Å². The van der Waals surface area contributed by atoms with Gasteiger partial charge in [-0.2, -0.15) is 0 Å². The number of aromatic hydroxyl groups is 1. The van der Waals surface area contributed by atoms with Gasteiger partial charge < -0.3 is 9.66 Å². The Morgan fingerprint density at radius 1 is 1.00 bits per heavy atom. The molecule has 1 rings (SSSR count). The molecule has 0 aliphatic rings. The smallest absolute Gasteiger partial charge is 0.748 e. The molecule has 23 heavy (non-hydrogen) atoms. The predicted molar refractivity (Wildman–Crippen MR) is 88.4 cm³/mol. The van der Waals surface area contributed by atoms with Crippen LogP contribution < -0.4 is 29.6 Å². The minimum Gasteiger partial charge on any atom is -0.748 e. The van der Waals surface area contributed by atoms with Gasteiger partial charge in [0.1, 0.15) is 5.75 Å². The van der Waals surface area contributed by atoms with E-state index in [1.54, 1.807) is 0 Å². The average molecular weight is 350 g/mol. The molecule has 1 aromatic rings. The van der Waals surface area contributed by atoms with Gasteiger partial charge in [0.2, 0.25) is 0 Å². The SMILES string of the molecule is CC(C)(C)c1cc(CCCS(=O)(=O)[O-])cc(C(C)(C)C)c1O.[Na+]. The van der Waals surface area contributed by atoms with Crippen molar-refractivity contribution in [3.63, 3.8) is 0 Å². The first kappa shape index (κ1) is 22.9. The summed E-state index contributed by atoms with van der Waals surface area (Å²) >= 11 is 0. The molecule has 0 saturated carbocycles. The van der Waals surface area contributed by atoms with E-state index in [-0.39, 0.29) is 46.1 Å². The van der Waals surface area contributed by atoms with Gasteiger partial charge in [-0.15, -0.1) is 0 Å². The number of hydrogen-bond acceptors (Lipinski definition) is 4. The zero-order valence-electron chi connectivity index (χ0n) is 15.4. The van der Waals surface area contributed by atoms with E-state index in [1.165, 1.54) is 0 Å². The first-order valence-corrected chi connectivity index (χ1v) is 9.10. The minimum atomic E-state index is -4.18. The van der Waals surface area contributed by atoms with E-state index >= 15 is 0 Å². The molecule has 0 bridgehead atoms. The summed E-state index contributed by atoms with van der Waals surface area (Å²) in [5, 5.41) is 10.6. The van der Waals surface area contributed by atoms with Gasteiger partial charge in [-0.1, -0.05) is 53.7 Å². The van der Waals surface area contributed by atoms with Gasteiger partial charge in [-0.05, 0) is 40.4 Å². The van der Waals surface area contributed by atoms with Crippen molar-refractivity contribution in [2.45, 2.75) is 65.2 Å². The summed E-state index contributed by atoms with van der Waals surface area (Å²) in [6.07, 6.45) is 0.803. The van der Waals surface area contributed by atoms with Gasteiger partial charge in [0, 0.05) is 5.75 Å².